The molecule has 0 amide bonds. The van der Waals surface area contributed by atoms with Crippen molar-refractivity contribution >= 4 is 11.6 Å². The molecule has 0 fully saturated rings. The highest BCUT2D eigenvalue weighted by Crippen LogP contribution is 2.58. The fourth-order valence-electron chi connectivity index (χ4n) is 4.52. The molecule has 0 saturated heterocycles. The number of hydrogen-bond acceptors (Lipinski definition) is 4. The van der Waals surface area contributed by atoms with E-state index in [1.165, 1.54) is 7.11 Å². The lowest BCUT2D eigenvalue weighted by molar-refractivity contribution is -0.138. The van der Waals surface area contributed by atoms with E-state index in [4.69, 9.17) is 4.74 Å². The van der Waals surface area contributed by atoms with E-state index < -0.39 is 17.3 Å². The summed E-state index contributed by atoms with van der Waals surface area (Å²) in [7, 11) is 1.53. The van der Waals surface area contributed by atoms with Gasteiger partial charge in [-0.05, 0) is 49.1 Å². The topological polar surface area (TPSA) is 63.6 Å². The number of phenols is 1. The summed E-state index contributed by atoms with van der Waals surface area (Å²) < 4.78 is 5.48. The largest absolute Gasteiger partial charge is 0.508 e. The molecule has 4 nitrogen and oxygen atoms in total. The van der Waals surface area contributed by atoms with Crippen LogP contribution in [0.25, 0.3) is 0 Å². The van der Waals surface area contributed by atoms with Crippen LogP contribution < -0.4 is 4.74 Å². The Labute approximate surface area is 153 Å². The Balaban J connectivity index is 2.34. The van der Waals surface area contributed by atoms with Gasteiger partial charge in [0.05, 0.1) is 12.5 Å². The molecule has 2 aliphatic carbocycles. The summed E-state index contributed by atoms with van der Waals surface area (Å²) >= 11 is 0. The molecule has 0 bridgehead atoms. The number of Topliss-reactive ketones (excluding diaryl/α,β-unsaturated/α-hetero) is 2. The van der Waals surface area contributed by atoms with Crippen molar-refractivity contribution in [2.75, 3.05) is 7.11 Å². The summed E-state index contributed by atoms with van der Waals surface area (Å²) in [6.45, 7) is 9.16. The molecule has 3 rings (SSSR count). The second-order valence-corrected chi connectivity index (χ2v) is 7.25. The molecule has 0 spiro atoms. The molecule has 1 aromatic carbocycles. The number of fused-ring (bicyclic) bond motifs is 1. The van der Waals surface area contributed by atoms with E-state index >= 15 is 0 Å². The van der Waals surface area contributed by atoms with Crippen LogP contribution in [-0.2, 0) is 9.59 Å². The van der Waals surface area contributed by atoms with Crippen molar-refractivity contribution in [3.05, 3.63) is 59.2 Å². The number of hydrogen-bond donors (Lipinski definition) is 1. The van der Waals surface area contributed by atoms with Crippen molar-refractivity contribution < 1.29 is 19.4 Å². The normalized spacial score (nSPS) is 28.5. The minimum Gasteiger partial charge on any atom is -0.508 e. The maximum Gasteiger partial charge on any atom is 0.166 e. The fraction of sp³-hybridized carbons (Fsp3) is 0.364. The van der Waals surface area contributed by atoms with E-state index in [9.17, 15) is 14.7 Å². The smallest absolute Gasteiger partial charge is 0.166 e. The number of allylic oxidation sites excluding steroid dienone is 5. The number of ketones is 2. The third-order valence-corrected chi connectivity index (χ3v) is 6.11. The molecular weight excluding hydrogens is 328 g/mol. The number of ether oxygens (including phenoxy) is 1. The quantitative estimate of drug-likeness (QED) is 0.889. The van der Waals surface area contributed by atoms with Crippen LogP contribution in [-0.4, -0.2) is 23.8 Å². The van der Waals surface area contributed by atoms with Gasteiger partial charge in [-0.3, -0.25) is 9.59 Å². The number of aromatic hydroxyl groups is 1. The third-order valence-electron chi connectivity index (χ3n) is 6.11. The molecule has 3 atom stereocenters. The predicted octanol–water partition coefficient (Wildman–Crippen LogP) is 4.11. The minimum atomic E-state index is -0.995. The highest BCUT2D eigenvalue weighted by Gasteiger charge is 2.57. The summed E-state index contributed by atoms with van der Waals surface area (Å²) in [5.74, 6) is -0.473. The van der Waals surface area contributed by atoms with Crippen molar-refractivity contribution in [2.24, 2.45) is 11.3 Å². The first-order chi connectivity index (χ1) is 12.3. The highest BCUT2D eigenvalue weighted by atomic mass is 16.5. The van der Waals surface area contributed by atoms with Gasteiger partial charge >= 0.3 is 0 Å². The van der Waals surface area contributed by atoms with Gasteiger partial charge in [0.15, 0.2) is 11.6 Å². The minimum absolute atomic E-state index is 0.00310. The second-order valence-electron chi connectivity index (χ2n) is 7.25. The van der Waals surface area contributed by atoms with Crippen LogP contribution in [0.3, 0.4) is 0 Å². The van der Waals surface area contributed by atoms with Gasteiger partial charge in [0.1, 0.15) is 11.5 Å². The second kappa shape index (κ2) is 6.27. The Bertz CT molecular complexity index is 874. The third kappa shape index (κ3) is 2.28. The van der Waals surface area contributed by atoms with Gasteiger partial charge in [-0.1, -0.05) is 31.7 Å². The zero-order valence-electron chi connectivity index (χ0n) is 15.6. The van der Waals surface area contributed by atoms with Gasteiger partial charge in [-0.2, -0.15) is 0 Å². The summed E-state index contributed by atoms with van der Waals surface area (Å²) in [5, 5.41) is 10.6. The summed E-state index contributed by atoms with van der Waals surface area (Å²) in [6, 6.07) is 5.03. The maximum absolute atomic E-state index is 13.4. The average Bonchev–Trinajstić information content (AvgIpc) is 2.64. The Hall–Kier alpha value is -2.62. The van der Waals surface area contributed by atoms with Crippen LogP contribution in [0.2, 0.25) is 0 Å². The predicted molar refractivity (Wildman–Crippen MR) is 100 cm³/mol. The lowest BCUT2D eigenvalue weighted by Crippen LogP contribution is -2.51. The summed E-state index contributed by atoms with van der Waals surface area (Å²) in [4.78, 5) is 26.4. The molecule has 0 saturated carbocycles. The van der Waals surface area contributed by atoms with Crippen molar-refractivity contribution in [1.82, 2.24) is 0 Å². The first-order valence-electron chi connectivity index (χ1n) is 8.73. The van der Waals surface area contributed by atoms with E-state index in [0.717, 1.165) is 5.57 Å². The summed E-state index contributed by atoms with van der Waals surface area (Å²) in [5.41, 5.74) is 1.40. The number of rotatable bonds is 3. The fourth-order valence-corrected chi connectivity index (χ4v) is 4.52. The molecule has 1 N–H and O–H groups in total. The van der Waals surface area contributed by atoms with Gasteiger partial charge in [-0.25, -0.2) is 0 Å². The molecule has 1 aromatic rings. The molecule has 136 valence electrons. The molecule has 0 radical (unpaired) electrons. The molecule has 0 unspecified atom stereocenters. The van der Waals surface area contributed by atoms with E-state index in [0.29, 0.717) is 28.9 Å². The standard InChI is InChI=1S/C22H24O4/c1-6-14-10-11-15-20(24)12(2)13(3)21(25)22(15,4)19(14)18-16(23)8-7-9-17(18)26-5/h6-10,15,19,23H,1,11H2,2-5H3/t15-,19+,22+/m0/s1. The van der Waals surface area contributed by atoms with Crippen LogP contribution in [0.4, 0.5) is 0 Å². The van der Waals surface area contributed by atoms with Crippen LogP contribution in [0.1, 0.15) is 38.7 Å². The number of benzene rings is 1. The monoisotopic (exact) mass is 352 g/mol. The maximum atomic E-state index is 13.4. The SMILES string of the molecule is C=CC1=CC[C@H]2C(=O)C(C)=C(C)C(=O)[C@@]2(C)[C@H]1c1c(O)cccc1OC. The zero-order chi connectivity index (χ0) is 19.2. The van der Waals surface area contributed by atoms with Crippen LogP contribution in [0.15, 0.2) is 53.6 Å². The van der Waals surface area contributed by atoms with E-state index in [1.807, 2.05) is 13.0 Å². The number of carbonyl (C=O) groups is 2. The number of carbonyl (C=O) groups excluding carboxylic acids is 2. The molecular formula is C22H24O4. The van der Waals surface area contributed by atoms with Gasteiger partial charge in [0.25, 0.3) is 0 Å². The number of methoxy groups -OCH3 is 1. The van der Waals surface area contributed by atoms with Crippen LogP contribution in [0, 0.1) is 11.3 Å². The Morgan fingerprint density at radius 2 is 1.96 bits per heavy atom. The van der Waals surface area contributed by atoms with E-state index in [-0.39, 0.29) is 17.3 Å². The van der Waals surface area contributed by atoms with Crippen molar-refractivity contribution in [3.8, 4) is 11.5 Å². The highest BCUT2D eigenvalue weighted by molar-refractivity contribution is 6.15. The molecule has 26 heavy (non-hydrogen) atoms. The van der Waals surface area contributed by atoms with Crippen molar-refractivity contribution in [3.63, 3.8) is 0 Å². The van der Waals surface area contributed by atoms with Gasteiger partial charge in [-0.15, -0.1) is 0 Å². The van der Waals surface area contributed by atoms with Crippen LogP contribution >= 0.6 is 0 Å². The van der Waals surface area contributed by atoms with Crippen molar-refractivity contribution in [1.29, 1.82) is 0 Å². The van der Waals surface area contributed by atoms with Gasteiger partial charge in [0.2, 0.25) is 0 Å². The van der Waals surface area contributed by atoms with E-state index in [2.05, 4.69) is 6.58 Å². The molecule has 4 heteroatoms. The molecule has 0 aromatic heterocycles. The van der Waals surface area contributed by atoms with Crippen molar-refractivity contribution in [2.45, 2.75) is 33.1 Å². The summed E-state index contributed by atoms with van der Waals surface area (Å²) in [6.07, 6.45) is 4.14. The first-order valence-corrected chi connectivity index (χ1v) is 8.73. The Morgan fingerprint density at radius 1 is 1.27 bits per heavy atom. The average molecular weight is 352 g/mol. The zero-order valence-corrected chi connectivity index (χ0v) is 15.6. The Kier molecular flexibility index (Phi) is 4.39. The van der Waals surface area contributed by atoms with Crippen LogP contribution in [0.5, 0.6) is 11.5 Å². The molecule has 0 heterocycles. The van der Waals surface area contributed by atoms with E-state index in [1.54, 1.807) is 38.1 Å². The Morgan fingerprint density at radius 3 is 2.58 bits per heavy atom. The molecule has 2 aliphatic rings. The first kappa shape index (κ1) is 18.2. The van der Waals surface area contributed by atoms with Gasteiger partial charge in [0, 0.05) is 17.4 Å². The number of phenolic OH excluding ortho intramolecular Hbond substituents is 1. The lowest BCUT2D eigenvalue weighted by atomic mass is 9.52. The van der Waals surface area contributed by atoms with Gasteiger partial charge < -0.3 is 9.84 Å². The molecule has 0 aliphatic heterocycles. The lowest BCUT2D eigenvalue weighted by Gasteiger charge is -2.48.